The van der Waals surface area contributed by atoms with Crippen LogP contribution in [-0.2, 0) is 11.2 Å². The molecule has 0 aliphatic carbocycles. The molecule has 3 aromatic rings. The molecule has 4 N–H and O–H groups in total. The van der Waals surface area contributed by atoms with Crippen molar-refractivity contribution in [3.8, 4) is 5.75 Å². The van der Waals surface area contributed by atoms with Crippen molar-refractivity contribution < 1.29 is 14.3 Å². The van der Waals surface area contributed by atoms with E-state index in [1.165, 1.54) is 0 Å². The Bertz CT molecular complexity index is 1030. The minimum absolute atomic E-state index is 0.124. The fourth-order valence-electron chi connectivity index (χ4n) is 3.00. The lowest BCUT2D eigenvalue weighted by Crippen LogP contribution is -2.29. The van der Waals surface area contributed by atoms with E-state index >= 15 is 0 Å². The Morgan fingerprint density at radius 2 is 2.11 bits per heavy atom. The summed E-state index contributed by atoms with van der Waals surface area (Å²) in [6, 6.07) is 10.8. The number of anilines is 2. The number of aromatic nitrogens is 2. The Labute approximate surface area is 155 Å². The monoisotopic (exact) mass is 365 g/mol. The van der Waals surface area contributed by atoms with E-state index in [4.69, 9.17) is 4.74 Å². The molecule has 0 bridgehead atoms. The summed E-state index contributed by atoms with van der Waals surface area (Å²) in [6.07, 6.45) is 0.575. The number of H-pyrrole nitrogens is 1. The third-order valence-electron chi connectivity index (χ3n) is 4.38. The summed E-state index contributed by atoms with van der Waals surface area (Å²) in [5.74, 6) is 1.23. The Morgan fingerprint density at radius 1 is 1.22 bits per heavy atom. The van der Waals surface area contributed by atoms with Gasteiger partial charge in [-0.05, 0) is 30.3 Å². The lowest BCUT2D eigenvalue weighted by molar-refractivity contribution is -0.114. The molecule has 138 valence electrons. The van der Waals surface area contributed by atoms with E-state index in [0.717, 1.165) is 28.3 Å². The van der Waals surface area contributed by atoms with Gasteiger partial charge in [0.2, 0.25) is 5.91 Å². The van der Waals surface area contributed by atoms with E-state index in [0.29, 0.717) is 24.2 Å². The number of carbonyl (C=O) groups is 2. The minimum Gasteiger partial charge on any atom is -0.497 e. The predicted molar refractivity (Wildman–Crippen MR) is 102 cm³/mol. The van der Waals surface area contributed by atoms with Gasteiger partial charge in [0.1, 0.15) is 11.6 Å². The molecule has 0 saturated heterocycles. The zero-order chi connectivity index (χ0) is 18.8. The number of aromatic amines is 1. The van der Waals surface area contributed by atoms with Gasteiger partial charge >= 0.3 is 0 Å². The van der Waals surface area contributed by atoms with Crippen LogP contribution in [0.2, 0.25) is 0 Å². The molecule has 2 aromatic carbocycles. The first kappa shape index (κ1) is 16.9. The van der Waals surface area contributed by atoms with Crippen LogP contribution in [0, 0.1) is 0 Å². The van der Waals surface area contributed by atoms with Gasteiger partial charge in [-0.3, -0.25) is 9.59 Å². The third-order valence-corrected chi connectivity index (χ3v) is 4.38. The molecule has 27 heavy (non-hydrogen) atoms. The first-order chi connectivity index (χ1) is 13.1. The number of nitrogens with zero attached hydrogens (tertiary/aromatic N) is 1. The van der Waals surface area contributed by atoms with E-state index in [1.54, 1.807) is 25.3 Å². The number of carbonyl (C=O) groups excluding carboxylic acids is 2. The van der Waals surface area contributed by atoms with Gasteiger partial charge in [0.05, 0.1) is 36.1 Å². The predicted octanol–water partition coefficient (Wildman–Crippen LogP) is 1.91. The normalized spacial score (nSPS) is 12.9. The van der Waals surface area contributed by atoms with Crippen LogP contribution in [0.4, 0.5) is 11.4 Å². The van der Waals surface area contributed by atoms with Crippen LogP contribution in [0.25, 0.3) is 11.0 Å². The van der Waals surface area contributed by atoms with Gasteiger partial charge in [0.25, 0.3) is 5.91 Å². The first-order valence-corrected chi connectivity index (χ1v) is 8.61. The van der Waals surface area contributed by atoms with Crippen LogP contribution in [0.15, 0.2) is 36.4 Å². The molecule has 1 aliphatic heterocycles. The van der Waals surface area contributed by atoms with Crippen LogP contribution in [0.5, 0.6) is 5.75 Å². The van der Waals surface area contributed by atoms with Crippen molar-refractivity contribution in [3.05, 3.63) is 47.8 Å². The molecule has 1 aromatic heterocycles. The van der Waals surface area contributed by atoms with E-state index in [-0.39, 0.29) is 18.4 Å². The fourth-order valence-corrected chi connectivity index (χ4v) is 3.00. The van der Waals surface area contributed by atoms with Gasteiger partial charge in [0.15, 0.2) is 0 Å². The van der Waals surface area contributed by atoms with Crippen LogP contribution >= 0.6 is 0 Å². The van der Waals surface area contributed by atoms with E-state index in [2.05, 4.69) is 25.9 Å². The number of imidazole rings is 1. The number of hydrogen-bond donors (Lipinski definition) is 4. The largest absolute Gasteiger partial charge is 0.497 e. The molecule has 0 spiro atoms. The van der Waals surface area contributed by atoms with Crippen LogP contribution in [0.1, 0.15) is 16.2 Å². The van der Waals surface area contributed by atoms with Crippen LogP contribution < -0.4 is 20.7 Å². The zero-order valence-corrected chi connectivity index (χ0v) is 14.8. The quantitative estimate of drug-likeness (QED) is 0.552. The Morgan fingerprint density at radius 3 is 2.96 bits per heavy atom. The van der Waals surface area contributed by atoms with Crippen molar-refractivity contribution in [2.24, 2.45) is 0 Å². The molecule has 1 aliphatic rings. The summed E-state index contributed by atoms with van der Waals surface area (Å²) in [4.78, 5) is 31.6. The minimum atomic E-state index is -0.199. The molecule has 0 atom stereocenters. The second-order valence-electron chi connectivity index (χ2n) is 6.23. The maximum atomic E-state index is 12.4. The fraction of sp³-hybridized carbons (Fsp3) is 0.211. The summed E-state index contributed by atoms with van der Waals surface area (Å²) in [6.45, 7) is 0.680. The molecule has 0 saturated carbocycles. The summed E-state index contributed by atoms with van der Waals surface area (Å²) < 4.78 is 5.20. The molecule has 2 heterocycles. The second kappa shape index (κ2) is 6.99. The smallest absolute Gasteiger partial charge is 0.251 e. The van der Waals surface area contributed by atoms with Crippen molar-refractivity contribution in [1.82, 2.24) is 15.3 Å². The highest BCUT2D eigenvalue weighted by molar-refractivity contribution is 6.03. The maximum Gasteiger partial charge on any atom is 0.251 e. The van der Waals surface area contributed by atoms with Gasteiger partial charge < -0.3 is 25.7 Å². The number of ether oxygens (including phenoxy) is 1. The Kier molecular flexibility index (Phi) is 4.37. The number of amides is 2. The number of fused-ring (bicyclic) bond motifs is 2. The molecular weight excluding hydrogens is 346 g/mol. The number of methoxy groups -OCH3 is 1. The Hall–Kier alpha value is -3.55. The first-order valence-electron chi connectivity index (χ1n) is 8.61. The molecular formula is C19H19N5O3. The summed E-state index contributed by atoms with van der Waals surface area (Å²) in [5.41, 5.74) is 3.67. The van der Waals surface area contributed by atoms with Gasteiger partial charge in [-0.15, -0.1) is 0 Å². The lowest BCUT2D eigenvalue weighted by atomic mass is 10.1. The summed E-state index contributed by atoms with van der Waals surface area (Å²) >= 11 is 0. The highest BCUT2D eigenvalue weighted by Gasteiger charge is 2.16. The van der Waals surface area contributed by atoms with Crippen LogP contribution in [-0.4, -0.2) is 42.0 Å². The standard InChI is InChI=1S/C19H19N5O3/c1-27-12-3-5-14-16(9-12)23-17(22-14)6-7-20-19(26)11-2-4-13-15(8-11)24-18(25)10-21-13/h2-5,8-9,21H,6-7,10H2,1H3,(H,20,26)(H,22,23)(H,24,25). The van der Waals surface area contributed by atoms with E-state index < -0.39 is 0 Å². The number of benzene rings is 2. The zero-order valence-electron chi connectivity index (χ0n) is 14.8. The topological polar surface area (TPSA) is 108 Å². The van der Waals surface area contributed by atoms with Gasteiger partial charge in [-0.2, -0.15) is 0 Å². The molecule has 8 heteroatoms. The van der Waals surface area contributed by atoms with Gasteiger partial charge in [-0.25, -0.2) is 4.98 Å². The van der Waals surface area contributed by atoms with Crippen molar-refractivity contribution in [2.75, 3.05) is 30.8 Å². The average molecular weight is 365 g/mol. The van der Waals surface area contributed by atoms with E-state index in [1.807, 2.05) is 18.2 Å². The van der Waals surface area contributed by atoms with Gasteiger partial charge in [-0.1, -0.05) is 0 Å². The lowest BCUT2D eigenvalue weighted by Gasteiger charge is -2.19. The van der Waals surface area contributed by atoms with Gasteiger partial charge in [0, 0.05) is 24.6 Å². The molecule has 0 unspecified atom stereocenters. The number of hydrogen-bond acceptors (Lipinski definition) is 5. The molecule has 2 amide bonds. The Balaban J connectivity index is 1.38. The van der Waals surface area contributed by atoms with Crippen molar-refractivity contribution in [2.45, 2.75) is 6.42 Å². The molecule has 8 nitrogen and oxygen atoms in total. The summed E-state index contributed by atoms with van der Waals surface area (Å²) in [7, 11) is 1.62. The maximum absolute atomic E-state index is 12.4. The van der Waals surface area contributed by atoms with Crippen LogP contribution in [0.3, 0.4) is 0 Å². The van der Waals surface area contributed by atoms with E-state index in [9.17, 15) is 9.59 Å². The third kappa shape index (κ3) is 3.55. The second-order valence-corrected chi connectivity index (χ2v) is 6.23. The molecule has 0 radical (unpaired) electrons. The highest BCUT2D eigenvalue weighted by atomic mass is 16.5. The molecule has 4 rings (SSSR count). The highest BCUT2D eigenvalue weighted by Crippen LogP contribution is 2.25. The summed E-state index contributed by atoms with van der Waals surface area (Å²) in [5, 5.41) is 8.63. The van der Waals surface area contributed by atoms with Crippen molar-refractivity contribution >= 4 is 34.2 Å². The van der Waals surface area contributed by atoms with Crippen molar-refractivity contribution in [1.29, 1.82) is 0 Å². The molecule has 0 fully saturated rings. The SMILES string of the molecule is COc1ccc2nc(CCNC(=O)c3ccc4c(c3)NC(=O)CN4)[nH]c2c1. The average Bonchev–Trinajstić information content (AvgIpc) is 3.09. The number of rotatable bonds is 5. The number of nitrogens with one attached hydrogen (secondary N) is 4. The van der Waals surface area contributed by atoms with Crippen molar-refractivity contribution in [3.63, 3.8) is 0 Å².